The number of amides is 2. The Morgan fingerprint density at radius 3 is 2.13 bits per heavy atom. The van der Waals surface area contributed by atoms with Crippen molar-refractivity contribution in [1.29, 1.82) is 0 Å². The number of ether oxygens (including phenoxy) is 1. The summed E-state index contributed by atoms with van der Waals surface area (Å²) in [7, 11) is 0. The van der Waals surface area contributed by atoms with Gasteiger partial charge < -0.3 is 15.4 Å². The maximum absolute atomic E-state index is 13.2. The van der Waals surface area contributed by atoms with Gasteiger partial charge in [-0.15, -0.1) is 0 Å². The van der Waals surface area contributed by atoms with Crippen molar-refractivity contribution >= 4 is 29.2 Å². The standard InChI is InChI=1S/C22H16F2N2O4/c23-15-10-14(11-16(24)12-15)22(29)30-13-20(27)26-19-9-5-4-8-18(19)21(28)25-17-6-2-1-3-7-17/h1-12H,13H2,(H,25,28)(H,26,27). The Labute approximate surface area is 170 Å². The van der Waals surface area contributed by atoms with Crippen LogP contribution in [0.4, 0.5) is 20.2 Å². The number of rotatable bonds is 6. The molecule has 0 unspecified atom stereocenters. The zero-order valence-corrected chi connectivity index (χ0v) is 15.5. The van der Waals surface area contributed by atoms with Crippen molar-refractivity contribution in [2.75, 3.05) is 17.2 Å². The molecular weight excluding hydrogens is 394 g/mol. The highest BCUT2D eigenvalue weighted by Gasteiger charge is 2.16. The first-order chi connectivity index (χ1) is 14.4. The highest BCUT2D eigenvalue weighted by molar-refractivity contribution is 6.10. The summed E-state index contributed by atoms with van der Waals surface area (Å²) < 4.78 is 31.2. The minimum absolute atomic E-state index is 0.202. The number of hydrogen-bond donors (Lipinski definition) is 2. The number of para-hydroxylation sites is 2. The van der Waals surface area contributed by atoms with Gasteiger partial charge in [0.25, 0.3) is 11.8 Å². The molecule has 0 atom stereocenters. The molecule has 152 valence electrons. The molecule has 0 spiro atoms. The summed E-state index contributed by atoms with van der Waals surface area (Å²) in [5.74, 6) is -4.10. The molecule has 0 aliphatic rings. The third-order valence-corrected chi connectivity index (χ3v) is 3.91. The molecule has 0 aliphatic heterocycles. The van der Waals surface area contributed by atoms with E-state index in [0.29, 0.717) is 11.8 Å². The van der Waals surface area contributed by atoms with E-state index in [-0.39, 0.29) is 16.8 Å². The number of benzene rings is 3. The molecule has 3 aromatic carbocycles. The predicted octanol–water partition coefficient (Wildman–Crippen LogP) is 4.01. The van der Waals surface area contributed by atoms with Crippen LogP contribution >= 0.6 is 0 Å². The molecule has 3 rings (SSSR count). The molecule has 0 aromatic heterocycles. The van der Waals surface area contributed by atoms with Gasteiger partial charge in [-0.2, -0.15) is 0 Å². The summed E-state index contributed by atoms with van der Waals surface area (Å²) in [5.41, 5.74) is 0.639. The van der Waals surface area contributed by atoms with Gasteiger partial charge in [-0.1, -0.05) is 30.3 Å². The van der Waals surface area contributed by atoms with Gasteiger partial charge >= 0.3 is 5.97 Å². The fourth-order valence-corrected chi connectivity index (χ4v) is 2.58. The van der Waals surface area contributed by atoms with Gasteiger partial charge in [0.15, 0.2) is 6.61 Å². The second kappa shape index (κ2) is 9.42. The normalized spacial score (nSPS) is 10.2. The summed E-state index contributed by atoms with van der Waals surface area (Å²) in [6, 6.07) is 17.3. The van der Waals surface area contributed by atoms with Crippen LogP contribution in [0.15, 0.2) is 72.8 Å². The maximum Gasteiger partial charge on any atom is 0.338 e. The Kier molecular flexibility index (Phi) is 6.49. The number of carbonyl (C=O) groups is 3. The highest BCUT2D eigenvalue weighted by Crippen LogP contribution is 2.17. The van der Waals surface area contributed by atoms with Gasteiger partial charge in [0.1, 0.15) is 11.6 Å². The lowest BCUT2D eigenvalue weighted by Gasteiger charge is -2.12. The van der Waals surface area contributed by atoms with Gasteiger partial charge in [-0.3, -0.25) is 9.59 Å². The lowest BCUT2D eigenvalue weighted by Crippen LogP contribution is -2.23. The summed E-state index contributed by atoms with van der Waals surface area (Å²) in [5, 5.41) is 5.19. The molecule has 0 fully saturated rings. The Morgan fingerprint density at radius 1 is 0.800 bits per heavy atom. The molecule has 8 heteroatoms. The Balaban J connectivity index is 1.63. The summed E-state index contributed by atoms with van der Waals surface area (Å²) in [6.07, 6.45) is 0. The van der Waals surface area contributed by atoms with E-state index in [1.54, 1.807) is 36.4 Å². The van der Waals surface area contributed by atoms with Crippen LogP contribution in [0.25, 0.3) is 0 Å². The van der Waals surface area contributed by atoms with E-state index in [1.165, 1.54) is 12.1 Å². The first-order valence-electron chi connectivity index (χ1n) is 8.81. The van der Waals surface area contributed by atoms with Crippen molar-refractivity contribution in [3.05, 3.63) is 95.6 Å². The van der Waals surface area contributed by atoms with Crippen LogP contribution in [0.5, 0.6) is 0 Å². The Morgan fingerprint density at radius 2 is 1.43 bits per heavy atom. The van der Waals surface area contributed by atoms with Crippen LogP contribution in [0.2, 0.25) is 0 Å². The smallest absolute Gasteiger partial charge is 0.338 e. The topological polar surface area (TPSA) is 84.5 Å². The molecule has 2 N–H and O–H groups in total. The molecule has 0 bridgehead atoms. The fraction of sp³-hybridized carbons (Fsp3) is 0.0455. The lowest BCUT2D eigenvalue weighted by atomic mass is 10.1. The van der Waals surface area contributed by atoms with Crippen LogP contribution < -0.4 is 10.6 Å². The minimum atomic E-state index is -1.06. The van der Waals surface area contributed by atoms with E-state index in [1.807, 2.05) is 6.07 Å². The van der Waals surface area contributed by atoms with Crippen LogP contribution in [0.3, 0.4) is 0 Å². The number of carbonyl (C=O) groups excluding carboxylic acids is 3. The van der Waals surface area contributed by atoms with E-state index in [9.17, 15) is 23.2 Å². The molecule has 0 heterocycles. The quantitative estimate of drug-likeness (QED) is 0.602. The van der Waals surface area contributed by atoms with Crippen molar-refractivity contribution in [3.8, 4) is 0 Å². The molecule has 0 saturated carbocycles. The maximum atomic E-state index is 13.2. The van der Waals surface area contributed by atoms with Gasteiger partial charge in [-0.25, -0.2) is 13.6 Å². The van der Waals surface area contributed by atoms with Gasteiger partial charge in [0.05, 0.1) is 16.8 Å². The third kappa shape index (κ3) is 5.48. The van der Waals surface area contributed by atoms with Crippen LogP contribution in [0, 0.1) is 11.6 Å². The molecule has 0 aliphatic carbocycles. The SMILES string of the molecule is O=C(COC(=O)c1cc(F)cc(F)c1)Nc1ccccc1C(=O)Nc1ccccc1. The number of nitrogens with one attached hydrogen (secondary N) is 2. The summed E-state index contributed by atoms with van der Waals surface area (Å²) in [6.45, 7) is -0.703. The number of esters is 1. The van der Waals surface area contributed by atoms with Crippen LogP contribution in [0.1, 0.15) is 20.7 Å². The zero-order valence-electron chi connectivity index (χ0n) is 15.5. The largest absolute Gasteiger partial charge is 0.452 e. The van der Waals surface area contributed by atoms with Gasteiger partial charge in [-0.05, 0) is 36.4 Å². The summed E-state index contributed by atoms with van der Waals surface area (Å²) >= 11 is 0. The first-order valence-corrected chi connectivity index (χ1v) is 8.81. The van der Waals surface area contributed by atoms with E-state index >= 15 is 0 Å². The molecule has 2 amide bonds. The second-order valence-corrected chi connectivity index (χ2v) is 6.15. The van der Waals surface area contributed by atoms with Crippen LogP contribution in [-0.2, 0) is 9.53 Å². The number of halogens is 2. The van der Waals surface area contributed by atoms with Crippen molar-refractivity contribution in [1.82, 2.24) is 0 Å². The highest BCUT2D eigenvalue weighted by atomic mass is 19.1. The molecule has 0 saturated heterocycles. The fourth-order valence-electron chi connectivity index (χ4n) is 2.58. The first kappa shape index (κ1) is 20.7. The molecule has 0 radical (unpaired) electrons. The molecule has 3 aromatic rings. The van der Waals surface area contributed by atoms with Crippen molar-refractivity contribution in [3.63, 3.8) is 0 Å². The van der Waals surface area contributed by atoms with E-state index in [2.05, 4.69) is 10.6 Å². The van der Waals surface area contributed by atoms with Gasteiger partial charge in [0, 0.05) is 11.8 Å². The molecule has 30 heavy (non-hydrogen) atoms. The van der Waals surface area contributed by atoms with Crippen LogP contribution in [-0.4, -0.2) is 24.4 Å². The lowest BCUT2D eigenvalue weighted by molar-refractivity contribution is -0.119. The molecular formula is C22H16F2N2O4. The molecule has 6 nitrogen and oxygen atoms in total. The summed E-state index contributed by atoms with van der Waals surface area (Å²) in [4.78, 5) is 36.5. The van der Waals surface area contributed by atoms with E-state index in [4.69, 9.17) is 4.74 Å². The Hall–Kier alpha value is -4.07. The predicted molar refractivity (Wildman–Crippen MR) is 106 cm³/mol. The van der Waals surface area contributed by atoms with Crippen molar-refractivity contribution in [2.45, 2.75) is 0 Å². The average Bonchev–Trinajstić information content (AvgIpc) is 2.72. The number of hydrogen-bond acceptors (Lipinski definition) is 4. The zero-order chi connectivity index (χ0) is 21.5. The Bertz CT molecular complexity index is 1070. The monoisotopic (exact) mass is 410 g/mol. The van der Waals surface area contributed by atoms with E-state index < -0.39 is 36.0 Å². The number of anilines is 2. The van der Waals surface area contributed by atoms with Crippen molar-refractivity contribution < 1.29 is 27.9 Å². The van der Waals surface area contributed by atoms with Gasteiger partial charge in [0.2, 0.25) is 0 Å². The minimum Gasteiger partial charge on any atom is -0.452 e. The second-order valence-electron chi connectivity index (χ2n) is 6.15. The average molecular weight is 410 g/mol. The van der Waals surface area contributed by atoms with Crippen molar-refractivity contribution in [2.24, 2.45) is 0 Å². The third-order valence-electron chi connectivity index (χ3n) is 3.91. The van der Waals surface area contributed by atoms with E-state index in [0.717, 1.165) is 12.1 Å².